The van der Waals surface area contributed by atoms with Gasteiger partial charge in [-0.25, -0.2) is 4.79 Å². The molecule has 0 saturated heterocycles. The maximum atomic E-state index is 12.5. The van der Waals surface area contributed by atoms with Crippen LogP contribution in [0, 0.1) is 0 Å². The van der Waals surface area contributed by atoms with Gasteiger partial charge in [-0.2, -0.15) is 0 Å². The summed E-state index contributed by atoms with van der Waals surface area (Å²) in [5.41, 5.74) is 0.352. The average Bonchev–Trinajstić information content (AvgIpc) is 2.98. The van der Waals surface area contributed by atoms with Gasteiger partial charge in [0.25, 0.3) is 0 Å². The third-order valence-corrected chi connectivity index (χ3v) is 3.62. The standard InChI is InChI=1S/C18H26N2O5/c1-6-20(10-13-7-8-14-15(9-13)24-12-23-14)16(21)11-19(5)17(22)25-18(2,3)4/h7-9H,6,10-12H2,1-5H3. The van der Waals surface area contributed by atoms with E-state index in [4.69, 9.17) is 14.2 Å². The highest BCUT2D eigenvalue weighted by molar-refractivity contribution is 5.82. The van der Waals surface area contributed by atoms with Gasteiger partial charge in [-0.3, -0.25) is 4.79 Å². The van der Waals surface area contributed by atoms with Crippen LogP contribution >= 0.6 is 0 Å². The van der Waals surface area contributed by atoms with Crippen LogP contribution in [0.5, 0.6) is 11.5 Å². The molecule has 0 radical (unpaired) electrons. The maximum absolute atomic E-state index is 12.5. The normalized spacial score (nSPS) is 12.7. The zero-order chi connectivity index (χ0) is 18.6. The summed E-state index contributed by atoms with van der Waals surface area (Å²) < 4.78 is 15.9. The summed E-state index contributed by atoms with van der Waals surface area (Å²) >= 11 is 0. The van der Waals surface area contributed by atoms with Gasteiger partial charge in [0.1, 0.15) is 12.1 Å². The Morgan fingerprint density at radius 2 is 1.88 bits per heavy atom. The Bertz CT molecular complexity index is 639. The summed E-state index contributed by atoms with van der Waals surface area (Å²) in [6.07, 6.45) is -0.514. The number of carbonyl (C=O) groups excluding carboxylic acids is 2. The topological polar surface area (TPSA) is 68.3 Å². The van der Waals surface area contributed by atoms with Crippen molar-refractivity contribution in [1.82, 2.24) is 9.80 Å². The van der Waals surface area contributed by atoms with E-state index in [0.717, 1.165) is 5.56 Å². The molecular weight excluding hydrogens is 324 g/mol. The van der Waals surface area contributed by atoms with Crippen LogP contribution in [0.25, 0.3) is 0 Å². The monoisotopic (exact) mass is 350 g/mol. The van der Waals surface area contributed by atoms with Crippen molar-refractivity contribution in [2.45, 2.75) is 39.8 Å². The Hall–Kier alpha value is -2.44. The molecule has 0 aromatic heterocycles. The fraction of sp³-hybridized carbons (Fsp3) is 0.556. The number of fused-ring (bicyclic) bond motifs is 1. The second-order valence-electron chi connectivity index (χ2n) is 6.93. The van der Waals surface area contributed by atoms with Crippen LogP contribution in [0.1, 0.15) is 33.3 Å². The van der Waals surface area contributed by atoms with Gasteiger partial charge in [-0.15, -0.1) is 0 Å². The van der Waals surface area contributed by atoms with Crippen LogP contribution in [0.3, 0.4) is 0 Å². The van der Waals surface area contributed by atoms with Crippen LogP contribution in [0.2, 0.25) is 0 Å². The molecule has 7 heteroatoms. The fourth-order valence-corrected chi connectivity index (χ4v) is 2.34. The summed E-state index contributed by atoms with van der Waals surface area (Å²) in [7, 11) is 1.56. The second kappa shape index (κ2) is 7.63. The number of amides is 2. The third kappa shape index (κ3) is 5.27. The molecule has 1 aromatic rings. The smallest absolute Gasteiger partial charge is 0.410 e. The predicted molar refractivity (Wildman–Crippen MR) is 92.5 cm³/mol. The zero-order valence-electron chi connectivity index (χ0n) is 15.5. The summed E-state index contributed by atoms with van der Waals surface area (Å²) in [6.45, 7) is 8.43. The van der Waals surface area contributed by atoms with E-state index < -0.39 is 11.7 Å². The van der Waals surface area contributed by atoms with Gasteiger partial charge < -0.3 is 24.0 Å². The van der Waals surface area contributed by atoms with E-state index >= 15 is 0 Å². The molecule has 1 heterocycles. The Morgan fingerprint density at radius 1 is 1.20 bits per heavy atom. The molecular formula is C18H26N2O5. The van der Waals surface area contributed by atoms with Gasteiger partial charge in [0.15, 0.2) is 11.5 Å². The summed E-state index contributed by atoms with van der Waals surface area (Å²) in [5, 5.41) is 0. The van der Waals surface area contributed by atoms with Gasteiger partial charge in [-0.1, -0.05) is 6.07 Å². The molecule has 2 amide bonds. The Labute approximate surface area is 148 Å². The molecule has 1 aliphatic rings. The van der Waals surface area contributed by atoms with Gasteiger partial charge in [0.05, 0.1) is 0 Å². The van der Waals surface area contributed by atoms with Gasteiger partial charge in [0.2, 0.25) is 12.7 Å². The molecule has 0 unspecified atom stereocenters. The van der Waals surface area contributed by atoms with E-state index in [2.05, 4.69) is 0 Å². The number of rotatable bonds is 5. The highest BCUT2D eigenvalue weighted by atomic mass is 16.7. The first-order chi connectivity index (χ1) is 11.7. The first-order valence-electron chi connectivity index (χ1n) is 8.30. The van der Waals surface area contributed by atoms with Gasteiger partial charge in [-0.05, 0) is 45.4 Å². The van der Waals surface area contributed by atoms with Crippen LogP contribution in [0.15, 0.2) is 18.2 Å². The Morgan fingerprint density at radius 3 is 2.52 bits per heavy atom. The molecule has 1 aromatic carbocycles. The third-order valence-electron chi connectivity index (χ3n) is 3.62. The van der Waals surface area contributed by atoms with Gasteiger partial charge >= 0.3 is 6.09 Å². The van der Waals surface area contributed by atoms with Crippen LogP contribution < -0.4 is 9.47 Å². The number of hydrogen-bond donors (Lipinski definition) is 0. The molecule has 0 fully saturated rings. The van der Waals surface area contributed by atoms with Crippen LogP contribution in [-0.4, -0.2) is 54.3 Å². The number of benzene rings is 1. The SMILES string of the molecule is CCN(Cc1ccc2c(c1)OCO2)C(=O)CN(C)C(=O)OC(C)(C)C. The largest absolute Gasteiger partial charge is 0.454 e. The van der Waals surface area contributed by atoms with Crippen molar-refractivity contribution < 1.29 is 23.8 Å². The lowest BCUT2D eigenvalue weighted by atomic mass is 10.2. The molecule has 2 rings (SSSR count). The highest BCUT2D eigenvalue weighted by Gasteiger charge is 2.23. The second-order valence-corrected chi connectivity index (χ2v) is 6.93. The number of likely N-dealkylation sites (N-methyl/N-ethyl adjacent to an activating group) is 2. The maximum Gasteiger partial charge on any atom is 0.410 e. The lowest BCUT2D eigenvalue weighted by molar-refractivity contribution is -0.132. The molecule has 0 spiro atoms. The van der Waals surface area contributed by atoms with E-state index in [-0.39, 0.29) is 19.2 Å². The minimum Gasteiger partial charge on any atom is -0.454 e. The average molecular weight is 350 g/mol. The highest BCUT2D eigenvalue weighted by Crippen LogP contribution is 2.32. The zero-order valence-corrected chi connectivity index (χ0v) is 15.5. The van der Waals surface area contributed by atoms with E-state index in [1.165, 1.54) is 4.90 Å². The molecule has 138 valence electrons. The predicted octanol–water partition coefficient (Wildman–Crippen LogP) is 2.63. The van der Waals surface area contributed by atoms with Crippen molar-refractivity contribution >= 4 is 12.0 Å². The summed E-state index contributed by atoms with van der Waals surface area (Å²) in [6, 6.07) is 5.61. The molecule has 0 aliphatic carbocycles. The van der Waals surface area contributed by atoms with Crippen LogP contribution in [-0.2, 0) is 16.1 Å². The minimum absolute atomic E-state index is 0.0344. The molecule has 0 N–H and O–H groups in total. The molecule has 7 nitrogen and oxygen atoms in total. The van der Waals surface area contributed by atoms with Crippen molar-refractivity contribution in [3.8, 4) is 11.5 Å². The van der Waals surface area contributed by atoms with Crippen molar-refractivity contribution in [2.75, 3.05) is 26.9 Å². The van der Waals surface area contributed by atoms with E-state index in [9.17, 15) is 9.59 Å². The summed E-state index contributed by atoms with van der Waals surface area (Å²) in [5.74, 6) is 1.25. The molecule has 0 atom stereocenters. The first-order valence-corrected chi connectivity index (χ1v) is 8.30. The van der Waals surface area contributed by atoms with E-state index in [0.29, 0.717) is 24.6 Å². The van der Waals surface area contributed by atoms with Gasteiger partial charge in [0, 0.05) is 20.1 Å². The lowest BCUT2D eigenvalue weighted by Gasteiger charge is -2.27. The quantitative estimate of drug-likeness (QED) is 0.816. The minimum atomic E-state index is -0.592. The number of hydrogen-bond acceptors (Lipinski definition) is 5. The Kier molecular flexibility index (Phi) is 5.77. The fourth-order valence-electron chi connectivity index (χ4n) is 2.34. The summed E-state index contributed by atoms with van der Waals surface area (Å²) in [4.78, 5) is 27.5. The molecule has 0 bridgehead atoms. The molecule has 0 saturated carbocycles. The van der Waals surface area contributed by atoms with Crippen LogP contribution in [0.4, 0.5) is 4.79 Å². The molecule has 25 heavy (non-hydrogen) atoms. The molecule has 1 aliphatic heterocycles. The van der Waals surface area contributed by atoms with E-state index in [1.54, 1.807) is 32.7 Å². The van der Waals surface area contributed by atoms with Crippen molar-refractivity contribution in [3.63, 3.8) is 0 Å². The van der Waals surface area contributed by atoms with E-state index in [1.807, 2.05) is 25.1 Å². The lowest BCUT2D eigenvalue weighted by Crippen LogP contribution is -2.42. The van der Waals surface area contributed by atoms with Crippen molar-refractivity contribution in [1.29, 1.82) is 0 Å². The van der Waals surface area contributed by atoms with Crippen molar-refractivity contribution in [2.24, 2.45) is 0 Å². The number of nitrogens with zero attached hydrogens (tertiary/aromatic N) is 2. The van der Waals surface area contributed by atoms with Crippen molar-refractivity contribution in [3.05, 3.63) is 23.8 Å². The number of carbonyl (C=O) groups is 2. The Balaban J connectivity index is 1.95. The number of ether oxygens (including phenoxy) is 3. The first kappa shape index (κ1) is 18.9.